The quantitative estimate of drug-likeness (QED) is 0.803. The third-order valence-electron chi connectivity index (χ3n) is 4.64. The SMILES string of the molecule is CC(C)CC(C)CC(=O)Nc1cccnc1N1CCC(CO)CC1. The smallest absolute Gasteiger partial charge is 0.224 e. The van der Waals surface area contributed by atoms with Crippen molar-refractivity contribution in [1.29, 1.82) is 0 Å². The van der Waals surface area contributed by atoms with Gasteiger partial charge in [-0.2, -0.15) is 0 Å². The monoisotopic (exact) mass is 333 g/mol. The lowest BCUT2D eigenvalue weighted by molar-refractivity contribution is -0.117. The molecular formula is C19H31N3O2. The molecule has 2 heterocycles. The standard InChI is InChI=1S/C19H31N3O2/c1-14(2)11-15(3)12-18(24)21-17-5-4-8-20-19(17)22-9-6-16(13-23)7-10-22/h4-5,8,14-16,23H,6-7,9-13H2,1-3H3,(H,21,24). The summed E-state index contributed by atoms with van der Waals surface area (Å²) in [5.74, 6) is 2.28. The molecular weight excluding hydrogens is 302 g/mol. The van der Waals surface area contributed by atoms with Crippen molar-refractivity contribution in [2.75, 3.05) is 29.9 Å². The molecule has 0 bridgehead atoms. The Hall–Kier alpha value is -1.62. The van der Waals surface area contributed by atoms with E-state index in [4.69, 9.17) is 0 Å². The summed E-state index contributed by atoms with van der Waals surface area (Å²) in [6.45, 7) is 8.49. The summed E-state index contributed by atoms with van der Waals surface area (Å²) in [5.41, 5.74) is 0.793. The fourth-order valence-electron chi connectivity index (χ4n) is 3.48. The number of hydrogen-bond acceptors (Lipinski definition) is 4. The van der Waals surface area contributed by atoms with Gasteiger partial charge in [0, 0.05) is 32.3 Å². The number of amides is 1. The highest BCUT2D eigenvalue weighted by molar-refractivity contribution is 5.93. The molecule has 1 saturated heterocycles. The minimum atomic E-state index is 0.0580. The van der Waals surface area contributed by atoms with Crippen LogP contribution < -0.4 is 10.2 Å². The Balaban J connectivity index is 1.97. The molecule has 1 unspecified atom stereocenters. The molecule has 24 heavy (non-hydrogen) atoms. The number of hydrogen-bond donors (Lipinski definition) is 2. The molecule has 0 aromatic carbocycles. The van der Waals surface area contributed by atoms with Crippen LogP contribution in [-0.2, 0) is 4.79 Å². The number of aliphatic hydroxyl groups excluding tert-OH is 1. The molecule has 0 spiro atoms. The zero-order valence-electron chi connectivity index (χ0n) is 15.2. The van der Waals surface area contributed by atoms with Crippen molar-refractivity contribution in [1.82, 2.24) is 4.98 Å². The van der Waals surface area contributed by atoms with Crippen LogP contribution in [0.5, 0.6) is 0 Å². The third-order valence-corrected chi connectivity index (χ3v) is 4.64. The van der Waals surface area contributed by atoms with Crippen molar-refractivity contribution in [3.8, 4) is 0 Å². The number of anilines is 2. The Morgan fingerprint density at radius 3 is 2.71 bits per heavy atom. The Morgan fingerprint density at radius 2 is 2.08 bits per heavy atom. The molecule has 1 aromatic rings. The minimum absolute atomic E-state index is 0.0580. The first kappa shape index (κ1) is 18.7. The van der Waals surface area contributed by atoms with Gasteiger partial charge < -0.3 is 15.3 Å². The normalized spacial score (nSPS) is 17.1. The van der Waals surface area contributed by atoms with E-state index in [1.54, 1.807) is 6.20 Å². The second kappa shape index (κ2) is 9.02. The van der Waals surface area contributed by atoms with E-state index in [1.807, 2.05) is 12.1 Å². The van der Waals surface area contributed by atoms with Gasteiger partial charge in [-0.1, -0.05) is 20.8 Å². The van der Waals surface area contributed by atoms with Gasteiger partial charge in [0.1, 0.15) is 0 Å². The number of carbonyl (C=O) groups excluding carboxylic acids is 1. The number of carbonyl (C=O) groups is 1. The number of rotatable bonds is 7. The van der Waals surface area contributed by atoms with Crippen molar-refractivity contribution >= 4 is 17.4 Å². The molecule has 1 fully saturated rings. The van der Waals surface area contributed by atoms with E-state index in [0.29, 0.717) is 24.2 Å². The van der Waals surface area contributed by atoms with Crippen LogP contribution >= 0.6 is 0 Å². The molecule has 5 nitrogen and oxygen atoms in total. The average molecular weight is 333 g/mol. The third kappa shape index (κ3) is 5.48. The Morgan fingerprint density at radius 1 is 1.38 bits per heavy atom. The van der Waals surface area contributed by atoms with Gasteiger partial charge in [-0.05, 0) is 49.1 Å². The number of nitrogens with zero attached hydrogens (tertiary/aromatic N) is 2. The molecule has 2 N–H and O–H groups in total. The van der Waals surface area contributed by atoms with Crippen LogP contribution in [-0.4, -0.2) is 35.7 Å². The summed E-state index contributed by atoms with van der Waals surface area (Å²) in [6, 6.07) is 3.78. The lowest BCUT2D eigenvalue weighted by atomic mass is 9.96. The van der Waals surface area contributed by atoms with Crippen LogP contribution in [0.3, 0.4) is 0 Å². The summed E-state index contributed by atoms with van der Waals surface area (Å²) in [4.78, 5) is 19.0. The summed E-state index contributed by atoms with van der Waals surface area (Å²) in [5, 5.41) is 12.3. The van der Waals surface area contributed by atoms with E-state index >= 15 is 0 Å². The van der Waals surface area contributed by atoms with Crippen LogP contribution in [0.15, 0.2) is 18.3 Å². The van der Waals surface area contributed by atoms with Crippen molar-refractivity contribution in [3.63, 3.8) is 0 Å². The number of aromatic nitrogens is 1. The first-order valence-corrected chi connectivity index (χ1v) is 9.10. The van der Waals surface area contributed by atoms with Gasteiger partial charge in [0.2, 0.25) is 5.91 Å². The van der Waals surface area contributed by atoms with E-state index in [-0.39, 0.29) is 12.5 Å². The first-order valence-electron chi connectivity index (χ1n) is 9.10. The van der Waals surface area contributed by atoms with Crippen LogP contribution in [0.4, 0.5) is 11.5 Å². The molecule has 1 atom stereocenters. The van der Waals surface area contributed by atoms with Crippen molar-refractivity contribution in [2.24, 2.45) is 17.8 Å². The molecule has 0 saturated carbocycles. The van der Waals surface area contributed by atoms with Crippen LogP contribution in [0.1, 0.15) is 46.5 Å². The molecule has 1 aliphatic rings. The van der Waals surface area contributed by atoms with Gasteiger partial charge in [0.25, 0.3) is 0 Å². The lowest BCUT2D eigenvalue weighted by Crippen LogP contribution is -2.36. The van der Waals surface area contributed by atoms with Gasteiger partial charge >= 0.3 is 0 Å². The molecule has 0 aliphatic carbocycles. The summed E-state index contributed by atoms with van der Waals surface area (Å²) < 4.78 is 0. The Kier molecular flexibility index (Phi) is 7.03. The largest absolute Gasteiger partial charge is 0.396 e. The number of aliphatic hydroxyl groups is 1. The summed E-state index contributed by atoms with van der Waals surface area (Å²) in [6.07, 6.45) is 5.30. The number of piperidine rings is 1. The number of nitrogens with one attached hydrogen (secondary N) is 1. The van der Waals surface area contributed by atoms with E-state index in [1.165, 1.54) is 0 Å². The molecule has 1 aromatic heterocycles. The van der Waals surface area contributed by atoms with E-state index < -0.39 is 0 Å². The highest BCUT2D eigenvalue weighted by atomic mass is 16.3. The van der Waals surface area contributed by atoms with Gasteiger partial charge in [0.15, 0.2) is 5.82 Å². The molecule has 134 valence electrons. The maximum atomic E-state index is 12.3. The van der Waals surface area contributed by atoms with Crippen LogP contribution in [0, 0.1) is 17.8 Å². The maximum Gasteiger partial charge on any atom is 0.224 e. The van der Waals surface area contributed by atoms with Gasteiger partial charge in [0.05, 0.1) is 5.69 Å². The van der Waals surface area contributed by atoms with Gasteiger partial charge in [-0.15, -0.1) is 0 Å². The zero-order chi connectivity index (χ0) is 17.5. The van der Waals surface area contributed by atoms with Crippen molar-refractivity contribution in [2.45, 2.75) is 46.5 Å². The predicted molar refractivity (Wildman–Crippen MR) is 98.1 cm³/mol. The lowest BCUT2D eigenvalue weighted by Gasteiger charge is -2.33. The fourth-order valence-corrected chi connectivity index (χ4v) is 3.48. The van der Waals surface area contributed by atoms with Gasteiger partial charge in [-0.25, -0.2) is 4.98 Å². The van der Waals surface area contributed by atoms with E-state index in [0.717, 1.165) is 43.9 Å². The van der Waals surface area contributed by atoms with E-state index in [9.17, 15) is 9.90 Å². The van der Waals surface area contributed by atoms with E-state index in [2.05, 4.69) is 36.0 Å². The van der Waals surface area contributed by atoms with Crippen LogP contribution in [0.25, 0.3) is 0 Å². The highest BCUT2D eigenvalue weighted by Crippen LogP contribution is 2.28. The predicted octanol–water partition coefficient (Wildman–Crippen LogP) is 3.30. The molecule has 5 heteroatoms. The minimum Gasteiger partial charge on any atom is -0.396 e. The topological polar surface area (TPSA) is 65.5 Å². The average Bonchev–Trinajstić information content (AvgIpc) is 2.54. The number of pyridine rings is 1. The van der Waals surface area contributed by atoms with Crippen molar-refractivity contribution < 1.29 is 9.90 Å². The molecule has 2 rings (SSSR count). The summed E-state index contributed by atoms with van der Waals surface area (Å²) >= 11 is 0. The Labute approximate surface area is 145 Å². The fraction of sp³-hybridized carbons (Fsp3) is 0.684. The molecule has 1 amide bonds. The van der Waals surface area contributed by atoms with Gasteiger partial charge in [-0.3, -0.25) is 4.79 Å². The van der Waals surface area contributed by atoms with Crippen LogP contribution in [0.2, 0.25) is 0 Å². The summed E-state index contributed by atoms with van der Waals surface area (Å²) in [7, 11) is 0. The maximum absolute atomic E-state index is 12.3. The Bertz CT molecular complexity index is 525. The molecule has 0 radical (unpaired) electrons. The second-order valence-corrected chi connectivity index (χ2v) is 7.47. The van der Waals surface area contributed by atoms with Crippen molar-refractivity contribution in [3.05, 3.63) is 18.3 Å². The highest BCUT2D eigenvalue weighted by Gasteiger charge is 2.22. The first-order chi connectivity index (χ1) is 11.5. The molecule has 1 aliphatic heterocycles. The zero-order valence-corrected chi connectivity index (χ0v) is 15.2. The second-order valence-electron chi connectivity index (χ2n) is 7.47.